The van der Waals surface area contributed by atoms with E-state index in [4.69, 9.17) is 10.5 Å². The molecule has 0 spiro atoms. The van der Waals surface area contributed by atoms with Crippen molar-refractivity contribution in [1.82, 2.24) is 9.88 Å². The van der Waals surface area contributed by atoms with Crippen molar-refractivity contribution in [3.63, 3.8) is 0 Å². The second-order valence-corrected chi connectivity index (χ2v) is 7.31. The first-order valence-corrected chi connectivity index (χ1v) is 9.13. The predicted molar refractivity (Wildman–Crippen MR) is 97.7 cm³/mol. The van der Waals surface area contributed by atoms with Crippen molar-refractivity contribution in [3.05, 3.63) is 29.1 Å². The SMILES string of the molecule is COCC(=O)N1[C@H]2CC[C@H]1CC(Nc1c(C(N)=O)cnc3c1C=CC3)C2. The monoisotopic (exact) mass is 356 g/mol. The lowest BCUT2D eigenvalue weighted by atomic mass is 9.96. The van der Waals surface area contributed by atoms with Gasteiger partial charge in [0.2, 0.25) is 5.91 Å². The zero-order chi connectivity index (χ0) is 18.3. The van der Waals surface area contributed by atoms with E-state index in [-0.39, 0.29) is 30.6 Å². The number of pyridine rings is 1. The van der Waals surface area contributed by atoms with Crippen LogP contribution < -0.4 is 11.1 Å². The number of nitrogens with two attached hydrogens (primary N) is 1. The molecule has 7 nitrogen and oxygen atoms in total. The number of ether oxygens (including phenoxy) is 1. The summed E-state index contributed by atoms with van der Waals surface area (Å²) in [6.07, 6.45) is 10.2. The topological polar surface area (TPSA) is 97.5 Å². The first-order valence-electron chi connectivity index (χ1n) is 9.13. The van der Waals surface area contributed by atoms with Crippen molar-refractivity contribution in [2.45, 2.75) is 50.2 Å². The van der Waals surface area contributed by atoms with E-state index in [1.807, 2.05) is 17.1 Å². The fourth-order valence-corrected chi connectivity index (χ4v) is 4.64. The molecule has 4 rings (SSSR count). The molecule has 26 heavy (non-hydrogen) atoms. The summed E-state index contributed by atoms with van der Waals surface area (Å²) in [6, 6.07) is 0.672. The van der Waals surface area contributed by atoms with Gasteiger partial charge in [0, 0.05) is 43.4 Å². The highest BCUT2D eigenvalue weighted by atomic mass is 16.5. The number of methoxy groups -OCH3 is 1. The first-order chi connectivity index (χ1) is 12.6. The molecule has 7 heteroatoms. The van der Waals surface area contributed by atoms with Gasteiger partial charge in [-0.1, -0.05) is 12.2 Å². The van der Waals surface area contributed by atoms with Crippen LogP contribution in [0.25, 0.3) is 6.08 Å². The van der Waals surface area contributed by atoms with Gasteiger partial charge in [0.05, 0.1) is 16.9 Å². The Morgan fingerprint density at radius 2 is 2.08 bits per heavy atom. The molecule has 0 saturated carbocycles. The molecule has 3 heterocycles. The van der Waals surface area contributed by atoms with Crippen LogP contribution in [0.1, 0.15) is 47.3 Å². The van der Waals surface area contributed by atoms with Crippen molar-refractivity contribution >= 4 is 23.6 Å². The van der Waals surface area contributed by atoms with Gasteiger partial charge in [0.25, 0.3) is 5.91 Å². The molecule has 1 aliphatic carbocycles. The minimum Gasteiger partial charge on any atom is -0.381 e. The Hall–Kier alpha value is -2.41. The Balaban J connectivity index is 1.55. The molecule has 2 fully saturated rings. The summed E-state index contributed by atoms with van der Waals surface area (Å²) in [5.74, 6) is -0.400. The zero-order valence-electron chi connectivity index (χ0n) is 14.9. The number of primary amides is 1. The van der Waals surface area contributed by atoms with Crippen LogP contribution in [-0.2, 0) is 16.0 Å². The summed E-state index contributed by atoms with van der Waals surface area (Å²) in [5, 5.41) is 3.56. The second kappa shape index (κ2) is 6.72. The van der Waals surface area contributed by atoms with E-state index in [0.29, 0.717) is 5.56 Å². The van der Waals surface area contributed by atoms with E-state index in [1.54, 1.807) is 13.3 Å². The lowest BCUT2D eigenvalue weighted by Gasteiger charge is -2.39. The highest BCUT2D eigenvalue weighted by molar-refractivity contribution is 6.00. The quantitative estimate of drug-likeness (QED) is 0.829. The van der Waals surface area contributed by atoms with Crippen LogP contribution >= 0.6 is 0 Å². The van der Waals surface area contributed by atoms with Crippen LogP contribution in [0.4, 0.5) is 5.69 Å². The molecule has 2 amide bonds. The minimum atomic E-state index is -0.473. The normalized spacial score (nSPS) is 26.0. The van der Waals surface area contributed by atoms with Crippen molar-refractivity contribution in [2.75, 3.05) is 19.0 Å². The number of allylic oxidation sites excluding steroid dienone is 1. The number of hydrogen-bond acceptors (Lipinski definition) is 5. The number of rotatable bonds is 5. The van der Waals surface area contributed by atoms with Gasteiger partial charge in [0.15, 0.2) is 0 Å². The number of nitrogens with zero attached hydrogens (tertiary/aromatic N) is 2. The molecule has 0 unspecified atom stereocenters. The molecule has 3 aliphatic rings. The summed E-state index contributed by atoms with van der Waals surface area (Å²) < 4.78 is 5.02. The van der Waals surface area contributed by atoms with Crippen molar-refractivity contribution < 1.29 is 14.3 Å². The lowest BCUT2D eigenvalue weighted by Crippen LogP contribution is -2.50. The van der Waals surface area contributed by atoms with Gasteiger partial charge in [-0.2, -0.15) is 0 Å². The number of amides is 2. The Bertz CT molecular complexity index is 762. The minimum absolute atomic E-state index is 0.0732. The van der Waals surface area contributed by atoms with Gasteiger partial charge >= 0.3 is 0 Å². The van der Waals surface area contributed by atoms with E-state index in [9.17, 15) is 9.59 Å². The summed E-state index contributed by atoms with van der Waals surface area (Å²) in [4.78, 5) is 30.6. The van der Waals surface area contributed by atoms with E-state index >= 15 is 0 Å². The predicted octanol–water partition coefficient (Wildman–Crippen LogP) is 1.33. The van der Waals surface area contributed by atoms with Crippen molar-refractivity contribution in [1.29, 1.82) is 0 Å². The van der Waals surface area contributed by atoms with Gasteiger partial charge in [0.1, 0.15) is 6.61 Å². The average Bonchev–Trinajstić information content (AvgIpc) is 3.18. The number of nitrogens with one attached hydrogen (secondary N) is 1. The molecule has 2 aliphatic heterocycles. The zero-order valence-corrected chi connectivity index (χ0v) is 14.9. The summed E-state index contributed by atoms with van der Waals surface area (Å²) in [6.45, 7) is 0.138. The molecule has 0 aromatic carbocycles. The highest BCUT2D eigenvalue weighted by Gasteiger charge is 2.43. The molecule has 3 N–H and O–H groups in total. The maximum atomic E-state index is 12.3. The van der Waals surface area contributed by atoms with Crippen LogP contribution in [0.15, 0.2) is 12.3 Å². The molecular formula is C19H24N4O3. The van der Waals surface area contributed by atoms with E-state index < -0.39 is 5.91 Å². The van der Waals surface area contributed by atoms with Gasteiger partial charge in [-0.05, 0) is 25.7 Å². The maximum Gasteiger partial charge on any atom is 0.252 e. The first kappa shape index (κ1) is 17.0. The van der Waals surface area contributed by atoms with Gasteiger partial charge in [-0.25, -0.2) is 0 Å². The largest absolute Gasteiger partial charge is 0.381 e. The fraction of sp³-hybridized carbons (Fsp3) is 0.526. The molecule has 0 radical (unpaired) electrons. The smallest absolute Gasteiger partial charge is 0.252 e. The van der Waals surface area contributed by atoms with E-state index in [2.05, 4.69) is 10.3 Å². The fourth-order valence-electron chi connectivity index (χ4n) is 4.64. The summed E-state index contributed by atoms with van der Waals surface area (Å²) >= 11 is 0. The number of carbonyl (C=O) groups excluding carboxylic acids is 2. The Kier molecular flexibility index (Phi) is 4.40. The number of anilines is 1. The number of fused-ring (bicyclic) bond motifs is 3. The van der Waals surface area contributed by atoms with Crippen molar-refractivity contribution in [3.8, 4) is 0 Å². The highest BCUT2D eigenvalue weighted by Crippen LogP contribution is 2.38. The van der Waals surface area contributed by atoms with E-state index in [0.717, 1.165) is 49.0 Å². The van der Waals surface area contributed by atoms with Gasteiger partial charge in [-0.3, -0.25) is 14.6 Å². The molecule has 2 atom stereocenters. The average molecular weight is 356 g/mol. The van der Waals surface area contributed by atoms with Crippen molar-refractivity contribution in [2.24, 2.45) is 5.73 Å². The Labute approximate surface area is 152 Å². The van der Waals surface area contributed by atoms with Crippen LogP contribution in [0.5, 0.6) is 0 Å². The Morgan fingerprint density at radius 3 is 2.73 bits per heavy atom. The number of piperidine rings is 1. The third kappa shape index (κ3) is 2.86. The standard InChI is InChI=1S/C19H24N4O3/c1-26-10-17(24)23-12-5-6-13(23)8-11(7-12)22-18-14-3-2-4-16(14)21-9-15(18)19(20)25/h2-3,9,11-13H,4-8,10H2,1H3,(H2,20,25)(H,21,22)/t12-,13-/m0/s1. The third-order valence-corrected chi connectivity index (χ3v) is 5.70. The summed E-state index contributed by atoms with van der Waals surface area (Å²) in [7, 11) is 1.55. The molecule has 2 bridgehead atoms. The van der Waals surface area contributed by atoms with Gasteiger partial charge in [-0.15, -0.1) is 0 Å². The molecular weight excluding hydrogens is 332 g/mol. The molecule has 2 saturated heterocycles. The molecule has 1 aromatic heterocycles. The van der Waals surface area contributed by atoms with Crippen LogP contribution in [0.2, 0.25) is 0 Å². The van der Waals surface area contributed by atoms with Crippen LogP contribution in [0, 0.1) is 0 Å². The lowest BCUT2D eigenvalue weighted by molar-refractivity contribution is -0.139. The van der Waals surface area contributed by atoms with Crippen LogP contribution in [-0.4, -0.2) is 53.5 Å². The molecule has 1 aromatic rings. The van der Waals surface area contributed by atoms with E-state index in [1.165, 1.54) is 0 Å². The second-order valence-electron chi connectivity index (χ2n) is 7.31. The third-order valence-electron chi connectivity index (χ3n) is 5.70. The number of aromatic nitrogens is 1. The number of carbonyl (C=O) groups is 2. The van der Waals surface area contributed by atoms with Crippen LogP contribution in [0.3, 0.4) is 0 Å². The molecule has 138 valence electrons. The maximum absolute atomic E-state index is 12.3. The Morgan fingerprint density at radius 1 is 1.35 bits per heavy atom. The van der Waals surface area contributed by atoms with Gasteiger partial charge < -0.3 is 20.7 Å². The number of hydrogen-bond donors (Lipinski definition) is 2. The summed E-state index contributed by atoms with van der Waals surface area (Å²) in [5.41, 5.74) is 8.72.